The van der Waals surface area contributed by atoms with Crippen molar-refractivity contribution in [1.29, 1.82) is 0 Å². The maximum absolute atomic E-state index is 13.2. The fourth-order valence-corrected chi connectivity index (χ4v) is 11.2. The molecule has 0 spiro atoms. The Balaban J connectivity index is 0.000000800. The van der Waals surface area contributed by atoms with Crippen LogP contribution in [-0.4, -0.2) is 152 Å². The fourth-order valence-electron chi connectivity index (χ4n) is 9.36. The van der Waals surface area contributed by atoms with Gasteiger partial charge in [-0.05, 0) is 171 Å². The summed E-state index contributed by atoms with van der Waals surface area (Å²) in [5, 5.41) is 14.0. The summed E-state index contributed by atoms with van der Waals surface area (Å²) in [6.07, 6.45) is -17.3. The first kappa shape index (κ1) is 126. The Morgan fingerprint density at radius 1 is 0.468 bits per heavy atom. The molecule has 0 bridgehead atoms. The number of anilines is 7. The van der Waals surface area contributed by atoms with Crippen LogP contribution in [0.15, 0.2) is 186 Å². The average molecular weight is 2340 g/mol. The van der Waals surface area contributed by atoms with E-state index in [9.17, 15) is 143 Å². The Labute approximate surface area is 894 Å². The van der Waals surface area contributed by atoms with Crippen LogP contribution in [0, 0.1) is 77.9 Å². The molecule has 6 amide bonds. The molecule has 0 aliphatic carbocycles. The molecule has 1 aromatic carbocycles. The number of carbonyl (C=O) groups is 8. The number of hydrogen-bond acceptors (Lipinski definition) is 22. The molecule has 14 aromatic rings. The Morgan fingerprint density at radius 2 is 0.823 bits per heavy atom. The molecule has 0 aliphatic heterocycles. The SMILES string of the molecule is Cc1c(N)nc2ccc(F)cn12.Cc1c(NC(=O)C(F)(F)F)nc2ccc(F)cn12.Cc1c(NC(=O)CC(F)(F)F)nc2ccc(F)cn12.Cc1ccc(S(=O)(=O)N=c2ccc(F)cn2CC(N)=O)cc1.NC(=O)CI.Nc1ccc(F)cn1.Nc1ccc(F)cn1.O=C(Cl)CC(F)(F)F.O=C(Nc1cn2cc(F)ccc2n1)C(F)(F)F.O=C(Nc1nc2ccc(F)cn2c1I)C(F)(F)F.O=CO[O-].[H-].[K+].[K+]. The van der Waals surface area contributed by atoms with Crippen LogP contribution in [0.4, 0.5) is 142 Å². The zero-order chi connectivity index (χ0) is 105. The summed E-state index contributed by atoms with van der Waals surface area (Å²) in [5.41, 5.74) is 29.4. The summed E-state index contributed by atoms with van der Waals surface area (Å²) in [6, 6.07) is 26.4. The van der Waals surface area contributed by atoms with Gasteiger partial charge in [0.05, 0.1) is 45.0 Å². The van der Waals surface area contributed by atoms with Crippen LogP contribution in [0.1, 0.15) is 36.9 Å². The smallest absolute Gasteiger partial charge is 1.00 e. The third-order valence-corrected chi connectivity index (χ3v) is 18.6. The van der Waals surface area contributed by atoms with E-state index >= 15 is 0 Å². The average Bonchev–Trinajstić information content (AvgIpc) is 1.69. The molecule has 13 heterocycles. The molecule has 141 heavy (non-hydrogen) atoms. The third kappa shape index (κ3) is 44.8. The number of benzene rings is 1. The second-order valence-corrected chi connectivity index (χ2v) is 29.9. The number of aromatic nitrogens is 13. The van der Waals surface area contributed by atoms with Crippen LogP contribution < -0.4 is 163 Å². The number of sulfonamides is 1. The van der Waals surface area contributed by atoms with Crippen molar-refractivity contribution in [1.82, 2.24) is 61.5 Å². The van der Waals surface area contributed by atoms with Crippen molar-refractivity contribution >= 4 is 183 Å². The predicted octanol–water partition coefficient (Wildman–Crippen LogP) is 7.35. The Kier molecular flexibility index (Phi) is 50.8. The van der Waals surface area contributed by atoms with E-state index in [0.29, 0.717) is 38.9 Å². The van der Waals surface area contributed by atoms with Crippen LogP contribution in [-0.2, 0) is 59.8 Å². The van der Waals surface area contributed by atoms with Crippen LogP contribution >= 0.6 is 56.8 Å². The number of nitrogens with one attached hydrogen (secondary N) is 4. The van der Waals surface area contributed by atoms with E-state index < -0.39 is 118 Å². The van der Waals surface area contributed by atoms with Gasteiger partial charge in [0.1, 0.15) is 121 Å². The summed E-state index contributed by atoms with van der Waals surface area (Å²) in [5.74, 6) is -12.1. The molecule has 750 valence electrons. The monoisotopic (exact) mass is 2340 g/mol. The molecule has 0 fully saturated rings. The molecule has 14 rings (SSSR count). The van der Waals surface area contributed by atoms with Crippen molar-refractivity contribution in [2.24, 2.45) is 15.9 Å². The second-order valence-electron chi connectivity index (χ2n) is 26.1. The first-order chi connectivity index (χ1) is 64.3. The number of aryl methyl sites for hydroxylation is 4. The summed E-state index contributed by atoms with van der Waals surface area (Å²) < 4.78 is 315. The van der Waals surface area contributed by atoms with Gasteiger partial charge in [-0.1, -0.05) is 40.3 Å². The van der Waals surface area contributed by atoms with Crippen molar-refractivity contribution < 1.29 is 262 Å². The van der Waals surface area contributed by atoms with Crippen LogP contribution in [0.2, 0.25) is 0 Å². The molecule has 0 atom stereocenters. The van der Waals surface area contributed by atoms with E-state index in [-0.39, 0.29) is 201 Å². The zero-order valence-electron chi connectivity index (χ0n) is 72.9. The van der Waals surface area contributed by atoms with Crippen LogP contribution in [0.5, 0.6) is 0 Å². The first-order valence-electron chi connectivity index (χ1n) is 36.6. The number of pyridine rings is 8. The van der Waals surface area contributed by atoms with Gasteiger partial charge in [-0.15, -0.1) is 4.40 Å². The van der Waals surface area contributed by atoms with E-state index in [1.807, 2.05) is 29.5 Å². The minimum absolute atomic E-state index is 0. The predicted molar refractivity (Wildman–Crippen MR) is 463 cm³/mol. The van der Waals surface area contributed by atoms with Crippen LogP contribution in [0.3, 0.4) is 0 Å². The van der Waals surface area contributed by atoms with E-state index in [1.165, 1.54) is 117 Å². The molecule has 0 saturated carbocycles. The number of imidazole rings is 5. The summed E-state index contributed by atoms with van der Waals surface area (Å²) in [7, 11) is -3.97. The van der Waals surface area contributed by atoms with Gasteiger partial charge in [0.2, 0.25) is 23.0 Å². The van der Waals surface area contributed by atoms with E-state index in [2.05, 4.69) is 66.8 Å². The number of alkyl halides is 16. The van der Waals surface area contributed by atoms with Gasteiger partial charge in [0.25, 0.3) is 16.5 Å². The molecular weight excluding hydrogens is 2280 g/mol. The molecule has 13 aromatic heterocycles. The van der Waals surface area contributed by atoms with E-state index in [0.717, 1.165) is 89.7 Å². The van der Waals surface area contributed by atoms with Gasteiger partial charge in [-0.3, -0.25) is 56.0 Å². The second kappa shape index (κ2) is 57.0. The zero-order valence-corrected chi connectivity index (χ0v) is 84.1. The van der Waals surface area contributed by atoms with Crippen molar-refractivity contribution in [3.05, 3.63) is 255 Å². The number of nitrogen functional groups attached to an aromatic ring is 3. The Bertz CT molecular complexity index is 6640. The number of carbonyl (C=O) groups excluding carboxylic acids is 8. The largest absolute Gasteiger partial charge is 1.00 e. The molecule has 64 heteroatoms. The van der Waals surface area contributed by atoms with Crippen LogP contribution in [0.25, 0.3) is 28.2 Å². The van der Waals surface area contributed by atoms with Gasteiger partial charge in [0.15, 0.2) is 23.3 Å². The molecule has 0 unspecified atom stereocenters. The number of hydrogen-bond donors (Lipinski definition) is 9. The Morgan fingerprint density at radius 3 is 1.20 bits per heavy atom. The van der Waals surface area contributed by atoms with Gasteiger partial charge in [-0.25, -0.2) is 70.0 Å². The van der Waals surface area contributed by atoms with Gasteiger partial charge < -0.3 is 70.5 Å². The van der Waals surface area contributed by atoms with E-state index in [1.54, 1.807) is 68.1 Å². The fraction of sp³-hybridized carbons (Fsp3) is 0.169. The molecule has 14 N–H and O–H groups in total. The number of nitrogens with zero attached hydrogens (tertiary/aromatic N) is 14. The number of rotatable bonds is 12. The number of halogens is 26. The molecule has 0 radical (unpaired) electrons. The van der Waals surface area contributed by atoms with Crippen molar-refractivity contribution in [2.75, 3.05) is 42.9 Å². The summed E-state index contributed by atoms with van der Waals surface area (Å²) >= 11 is 7.97. The molecule has 35 nitrogen and oxygen atoms in total. The van der Waals surface area contributed by atoms with Gasteiger partial charge in [-0.2, -0.15) is 74.3 Å². The first-order valence-corrected chi connectivity index (χ1v) is 41.0. The number of primary amides is 2. The third-order valence-electron chi connectivity index (χ3n) is 15.4. The molecular formula is C77H65ClF23I2K2N23O12S. The standard InChI is InChI=1S/C14H14FN3O3S.C11H9F4N3O.C10H7F4N3O.C9H4F4IN3O.C9H5F4N3O.C8H8FN3.2C5H5FN2.C3H2ClF3O.C2H4INO.CH2O3.2K.H/c1-10-2-5-12(6-3-10)22(20,21)17-14-7-4-11(15)8-18(14)9-13(16)19;1-6-10(17-9(19)4-11(13,14)15)16-8-3-2-7(12)5-18(6)8;1-5-8(16-9(18)10(12,13)14)15-7-3-2-6(11)4-17(5)7;10-4-1-2-5-15-7(6(14)17(5)3-4)16-8(18)9(11,12)13;10-5-1-2-7-14-6(4-16(7)3-5)15-8(17)9(11,12)13;1-5-8(10)11-7-3-2-6(9)4-12(5)7;2*6-4-1-2-5(7)8-3-4;4-2(8)1-3(5,6)7;3-1-2(4)5;2-1-4-3;;;/h2-8H,9H2,1H3,(H2,16,19);2-3,5H,4H2,1H3,(H,17,19);2-4H,1H3,(H,16,18);1-3H,(H,16,18);1-4H,(H,15,17);2-4H,10H2,1H3;2*1-3H,(H2,7,8);1H2;1H2,(H2,4,5);1,3H;;;/q;;;;;;;;;;;2*+1;-1/p-1. The normalized spacial score (nSPS) is 11.0. The quantitative estimate of drug-likeness (QED) is 0.00843. The van der Waals surface area contributed by atoms with Crippen molar-refractivity contribution in [2.45, 2.75) is 82.9 Å². The minimum atomic E-state index is -5.00. The number of nitrogens with two attached hydrogens (primary N) is 5. The van der Waals surface area contributed by atoms with E-state index in [4.69, 9.17) is 33.0 Å². The molecule has 0 saturated heterocycles. The van der Waals surface area contributed by atoms with Gasteiger partial charge in [0, 0.05) is 37.2 Å². The number of fused-ring (bicyclic) bond motifs is 5. The molecule has 0 aliphatic rings. The maximum atomic E-state index is 13.2. The summed E-state index contributed by atoms with van der Waals surface area (Å²) in [4.78, 5) is 111. The Hall–Kier alpha value is -11.4. The topological polar surface area (TPSA) is 511 Å². The minimum Gasteiger partial charge on any atom is -1.00 e. The number of amides is 6. The van der Waals surface area contributed by atoms with Crippen molar-refractivity contribution in [3.63, 3.8) is 0 Å². The maximum Gasteiger partial charge on any atom is 1.00 e. The summed E-state index contributed by atoms with van der Waals surface area (Å²) in [6.45, 7) is 6.01. The van der Waals surface area contributed by atoms with Crippen molar-refractivity contribution in [3.8, 4) is 0 Å². The van der Waals surface area contributed by atoms with Gasteiger partial charge >= 0.3 is 151 Å².